The number of rotatable bonds is 7. The van der Waals surface area contributed by atoms with E-state index >= 15 is 0 Å². The van der Waals surface area contributed by atoms with Crippen LogP contribution in [0.15, 0.2) is 71.7 Å². The van der Waals surface area contributed by atoms with Gasteiger partial charge in [-0.25, -0.2) is 4.79 Å². The fourth-order valence-corrected chi connectivity index (χ4v) is 6.66. The number of hydrogen-bond acceptors (Lipinski definition) is 6. The van der Waals surface area contributed by atoms with E-state index in [-0.39, 0.29) is 48.8 Å². The molecule has 52 heavy (non-hydrogen) atoms. The predicted octanol–water partition coefficient (Wildman–Crippen LogP) is 6.87. The minimum atomic E-state index is -4.67. The van der Waals surface area contributed by atoms with Crippen molar-refractivity contribution in [3.05, 3.63) is 99.0 Å². The molecule has 3 aliphatic heterocycles. The molecule has 2 saturated heterocycles. The molecule has 2 fully saturated rings. The number of halogens is 6. The molecule has 0 aliphatic carbocycles. The molecule has 3 heterocycles. The minimum absolute atomic E-state index is 0. The van der Waals surface area contributed by atoms with Crippen LogP contribution in [-0.4, -0.2) is 109 Å². The van der Waals surface area contributed by atoms with Gasteiger partial charge in [-0.15, -0.1) is 12.4 Å². The molecule has 276 valence electrons. The van der Waals surface area contributed by atoms with Crippen LogP contribution in [0.25, 0.3) is 0 Å². The van der Waals surface area contributed by atoms with Gasteiger partial charge in [0.25, 0.3) is 0 Å². The van der Waals surface area contributed by atoms with Crippen molar-refractivity contribution in [2.45, 2.75) is 25.2 Å². The number of amides is 3. The Morgan fingerprint density at radius 2 is 1.50 bits per heavy atom. The van der Waals surface area contributed by atoms with Crippen molar-refractivity contribution in [3.63, 3.8) is 0 Å². The zero-order valence-electron chi connectivity index (χ0n) is 28.2. The standard InChI is InChI=1S/C37H36Cl2F3N5O4.ClH/c1-2-51-31-23-25(13-14-37(40,41)42)3-12-30(31)35-43-33(26-4-8-28(38)9-5-26)34(27-6-10-29(39)11-7-27)47(35)36(49)46-17-15-44(16-18-46)24-32(48)45-19-21-50-22-20-45;/h3-12,23,33-34H,2,15-22,24H2,1H3;1H/t33-,34+;/m0./s1. The Morgan fingerprint density at radius 3 is 2.10 bits per heavy atom. The number of amidine groups is 1. The summed E-state index contributed by atoms with van der Waals surface area (Å²) in [5.74, 6) is 4.03. The van der Waals surface area contributed by atoms with Gasteiger partial charge in [-0.2, -0.15) is 13.2 Å². The number of ether oxygens (including phenoxy) is 2. The van der Waals surface area contributed by atoms with Crippen molar-refractivity contribution in [1.82, 2.24) is 19.6 Å². The average molecular weight is 779 g/mol. The molecule has 2 atom stereocenters. The molecule has 0 bridgehead atoms. The van der Waals surface area contributed by atoms with Gasteiger partial charge in [-0.1, -0.05) is 53.4 Å². The Bertz CT molecular complexity index is 1820. The number of piperazine rings is 1. The topological polar surface area (TPSA) is 77.9 Å². The summed E-state index contributed by atoms with van der Waals surface area (Å²) in [6, 6.07) is 17.4. The highest BCUT2D eigenvalue weighted by atomic mass is 35.5. The minimum Gasteiger partial charge on any atom is -0.493 e. The first kappa shape index (κ1) is 39.2. The predicted molar refractivity (Wildman–Crippen MR) is 195 cm³/mol. The summed E-state index contributed by atoms with van der Waals surface area (Å²) in [5, 5.41) is 1.06. The highest BCUT2D eigenvalue weighted by Gasteiger charge is 2.45. The van der Waals surface area contributed by atoms with Crippen LogP contribution >= 0.6 is 35.6 Å². The number of carbonyl (C=O) groups is 2. The summed E-state index contributed by atoms with van der Waals surface area (Å²) in [6.45, 7) is 6.10. The lowest BCUT2D eigenvalue weighted by Gasteiger charge is -2.39. The molecule has 0 aromatic heterocycles. The highest BCUT2D eigenvalue weighted by molar-refractivity contribution is 6.30. The zero-order valence-corrected chi connectivity index (χ0v) is 30.6. The first-order valence-electron chi connectivity index (χ1n) is 16.6. The summed E-state index contributed by atoms with van der Waals surface area (Å²) in [6.07, 6.45) is -4.67. The van der Waals surface area contributed by atoms with Crippen LogP contribution in [0.4, 0.5) is 18.0 Å². The number of carbonyl (C=O) groups excluding carboxylic acids is 2. The van der Waals surface area contributed by atoms with Crippen LogP contribution in [0.2, 0.25) is 10.0 Å². The third-order valence-corrected chi connectivity index (χ3v) is 9.44. The maximum atomic E-state index is 14.8. The number of alkyl halides is 3. The van der Waals surface area contributed by atoms with E-state index in [4.69, 9.17) is 37.7 Å². The van der Waals surface area contributed by atoms with Gasteiger partial charge in [0.2, 0.25) is 5.91 Å². The van der Waals surface area contributed by atoms with Crippen molar-refractivity contribution in [3.8, 4) is 17.6 Å². The molecule has 3 aromatic carbocycles. The summed E-state index contributed by atoms with van der Waals surface area (Å²) in [5.41, 5.74) is 2.09. The van der Waals surface area contributed by atoms with E-state index in [1.54, 1.807) is 52.0 Å². The third kappa shape index (κ3) is 9.32. The lowest BCUT2D eigenvalue weighted by Crippen LogP contribution is -2.56. The Labute approximate surface area is 316 Å². The molecule has 3 amide bonds. The Kier molecular flexibility index (Phi) is 13.0. The van der Waals surface area contributed by atoms with Crippen LogP contribution < -0.4 is 4.74 Å². The van der Waals surface area contributed by atoms with Crippen LogP contribution in [0.1, 0.15) is 41.3 Å². The summed E-state index contributed by atoms with van der Waals surface area (Å²) < 4.78 is 50.2. The fourth-order valence-electron chi connectivity index (χ4n) is 6.41. The van der Waals surface area contributed by atoms with Crippen LogP contribution in [0, 0.1) is 11.8 Å². The third-order valence-electron chi connectivity index (χ3n) is 8.93. The van der Waals surface area contributed by atoms with Gasteiger partial charge in [0.15, 0.2) is 0 Å². The van der Waals surface area contributed by atoms with Gasteiger partial charge >= 0.3 is 12.2 Å². The SMILES string of the molecule is CCOc1cc(C#CC(F)(F)F)ccc1C1=N[C@@H](c2ccc(Cl)cc2)[C@@H](c2ccc(Cl)cc2)N1C(=O)N1CCN(CC(=O)N2CCOCC2)CC1.Cl. The maximum absolute atomic E-state index is 14.8. The van der Waals surface area contributed by atoms with E-state index in [0.717, 1.165) is 11.1 Å². The van der Waals surface area contributed by atoms with Crippen molar-refractivity contribution in [2.24, 2.45) is 4.99 Å². The van der Waals surface area contributed by atoms with Crippen molar-refractivity contribution in [1.29, 1.82) is 0 Å². The number of hydrogen-bond donors (Lipinski definition) is 0. The molecule has 9 nitrogen and oxygen atoms in total. The van der Waals surface area contributed by atoms with Gasteiger partial charge in [0, 0.05) is 60.8 Å². The summed E-state index contributed by atoms with van der Waals surface area (Å²) in [7, 11) is 0. The number of urea groups is 1. The smallest absolute Gasteiger partial charge is 0.458 e. The highest BCUT2D eigenvalue weighted by Crippen LogP contribution is 2.45. The molecule has 0 unspecified atom stereocenters. The van der Waals surface area contributed by atoms with Gasteiger partial charge in [-0.3, -0.25) is 19.6 Å². The number of nitrogens with zero attached hydrogens (tertiary/aromatic N) is 5. The fraction of sp³-hybridized carbons (Fsp3) is 0.378. The monoisotopic (exact) mass is 777 g/mol. The van der Waals surface area contributed by atoms with E-state index in [0.29, 0.717) is 73.9 Å². The van der Waals surface area contributed by atoms with Crippen LogP contribution in [0.3, 0.4) is 0 Å². The second-order valence-corrected chi connectivity index (χ2v) is 13.1. The maximum Gasteiger partial charge on any atom is 0.458 e. The van der Waals surface area contributed by atoms with E-state index in [2.05, 4.69) is 5.92 Å². The summed E-state index contributed by atoms with van der Waals surface area (Å²) >= 11 is 12.5. The molecule has 0 N–H and O–H groups in total. The van der Waals surface area contributed by atoms with Crippen LogP contribution in [-0.2, 0) is 9.53 Å². The zero-order chi connectivity index (χ0) is 36.1. The van der Waals surface area contributed by atoms with Gasteiger partial charge < -0.3 is 19.3 Å². The second-order valence-electron chi connectivity index (χ2n) is 12.2. The van der Waals surface area contributed by atoms with Gasteiger partial charge in [0.05, 0.1) is 38.0 Å². The Morgan fingerprint density at radius 1 is 0.885 bits per heavy atom. The first-order valence-corrected chi connectivity index (χ1v) is 17.4. The molecule has 6 rings (SSSR count). The quantitative estimate of drug-likeness (QED) is 0.245. The van der Waals surface area contributed by atoms with Crippen molar-refractivity contribution >= 4 is 53.4 Å². The largest absolute Gasteiger partial charge is 0.493 e. The van der Waals surface area contributed by atoms with E-state index in [1.165, 1.54) is 18.1 Å². The summed E-state index contributed by atoms with van der Waals surface area (Å²) in [4.78, 5) is 40.1. The van der Waals surface area contributed by atoms with Gasteiger partial charge in [-0.05, 0) is 60.5 Å². The Balaban J connectivity index is 0.00000523. The van der Waals surface area contributed by atoms with Crippen LogP contribution in [0.5, 0.6) is 5.75 Å². The first-order chi connectivity index (χ1) is 24.5. The van der Waals surface area contributed by atoms with E-state index in [9.17, 15) is 22.8 Å². The van der Waals surface area contributed by atoms with Crippen molar-refractivity contribution < 1.29 is 32.2 Å². The lowest BCUT2D eigenvalue weighted by molar-refractivity contribution is -0.136. The molecule has 0 saturated carbocycles. The molecule has 0 radical (unpaired) electrons. The molecule has 3 aliphatic rings. The van der Waals surface area contributed by atoms with E-state index in [1.807, 2.05) is 29.2 Å². The molecule has 15 heteroatoms. The van der Waals surface area contributed by atoms with E-state index < -0.39 is 18.3 Å². The molecule has 3 aromatic rings. The molecular weight excluding hydrogens is 742 g/mol. The normalized spacial score (nSPS) is 19.3. The molecular formula is C37H37Cl3F3N5O4. The second kappa shape index (κ2) is 17.2. The molecule has 0 spiro atoms. The lowest BCUT2D eigenvalue weighted by atomic mass is 9.93. The van der Waals surface area contributed by atoms with Crippen molar-refractivity contribution in [2.75, 3.05) is 65.6 Å². The number of benzene rings is 3. The average Bonchev–Trinajstić information content (AvgIpc) is 3.52. The van der Waals surface area contributed by atoms with Gasteiger partial charge in [0.1, 0.15) is 17.6 Å². The Hall–Kier alpha value is -3.99. The number of morpholine rings is 1. The number of aliphatic imine (C=N–C) groups is 1.